The van der Waals surface area contributed by atoms with E-state index in [9.17, 15) is 5.11 Å². The van der Waals surface area contributed by atoms with Crippen LogP contribution in [0.4, 0.5) is 0 Å². The SMILES string of the molecule is Oc1cccc(COc2ccc(C#CCCCl)cc2)c1. The van der Waals surface area contributed by atoms with Crippen molar-refractivity contribution in [3.05, 3.63) is 59.7 Å². The molecule has 0 atom stereocenters. The van der Waals surface area contributed by atoms with E-state index in [1.165, 1.54) is 0 Å². The maximum Gasteiger partial charge on any atom is 0.119 e. The lowest BCUT2D eigenvalue weighted by Gasteiger charge is -2.06. The van der Waals surface area contributed by atoms with Gasteiger partial charge in [-0.1, -0.05) is 24.0 Å². The lowest BCUT2D eigenvalue weighted by Crippen LogP contribution is -1.94. The van der Waals surface area contributed by atoms with Crippen LogP contribution in [0.3, 0.4) is 0 Å². The zero-order chi connectivity index (χ0) is 14.2. The summed E-state index contributed by atoms with van der Waals surface area (Å²) in [7, 11) is 0. The van der Waals surface area contributed by atoms with E-state index in [4.69, 9.17) is 16.3 Å². The lowest BCUT2D eigenvalue weighted by atomic mass is 10.2. The van der Waals surface area contributed by atoms with Crippen LogP contribution in [-0.2, 0) is 6.61 Å². The summed E-state index contributed by atoms with van der Waals surface area (Å²) >= 11 is 5.56. The molecule has 0 unspecified atom stereocenters. The quantitative estimate of drug-likeness (QED) is 0.681. The average molecular weight is 287 g/mol. The van der Waals surface area contributed by atoms with E-state index in [2.05, 4.69) is 11.8 Å². The van der Waals surface area contributed by atoms with E-state index in [1.54, 1.807) is 18.2 Å². The molecular weight excluding hydrogens is 272 g/mol. The van der Waals surface area contributed by atoms with Crippen molar-refractivity contribution >= 4 is 11.6 Å². The van der Waals surface area contributed by atoms with Gasteiger partial charge in [-0.3, -0.25) is 0 Å². The maximum absolute atomic E-state index is 9.37. The molecule has 2 rings (SSSR count). The van der Waals surface area contributed by atoms with Gasteiger partial charge in [-0.25, -0.2) is 0 Å². The van der Waals surface area contributed by atoms with E-state index >= 15 is 0 Å². The van der Waals surface area contributed by atoms with E-state index in [0.29, 0.717) is 18.9 Å². The Bertz CT molecular complexity index is 609. The van der Waals surface area contributed by atoms with Crippen LogP contribution in [0.25, 0.3) is 0 Å². The van der Waals surface area contributed by atoms with Crippen molar-refractivity contribution in [1.82, 2.24) is 0 Å². The van der Waals surface area contributed by atoms with Gasteiger partial charge in [0.1, 0.15) is 18.1 Å². The molecule has 20 heavy (non-hydrogen) atoms. The van der Waals surface area contributed by atoms with Gasteiger partial charge in [0.05, 0.1) is 0 Å². The van der Waals surface area contributed by atoms with Crippen LogP contribution in [0, 0.1) is 11.8 Å². The Hall–Kier alpha value is -2.11. The minimum absolute atomic E-state index is 0.246. The van der Waals surface area contributed by atoms with Crippen LogP contribution in [0.15, 0.2) is 48.5 Å². The fourth-order valence-corrected chi connectivity index (χ4v) is 1.75. The van der Waals surface area contributed by atoms with Gasteiger partial charge in [-0.15, -0.1) is 11.6 Å². The third kappa shape index (κ3) is 4.53. The Balaban J connectivity index is 1.93. The predicted molar refractivity (Wildman–Crippen MR) is 81.1 cm³/mol. The summed E-state index contributed by atoms with van der Waals surface area (Å²) in [5.41, 5.74) is 1.87. The topological polar surface area (TPSA) is 29.5 Å². The van der Waals surface area contributed by atoms with Crippen LogP contribution < -0.4 is 4.74 Å². The second-order valence-electron chi connectivity index (χ2n) is 4.22. The number of halogens is 1. The van der Waals surface area contributed by atoms with Gasteiger partial charge in [0.25, 0.3) is 0 Å². The third-order valence-corrected chi connectivity index (χ3v) is 2.81. The Morgan fingerprint density at radius 1 is 1.10 bits per heavy atom. The summed E-state index contributed by atoms with van der Waals surface area (Å²) in [5, 5.41) is 9.37. The molecule has 3 heteroatoms. The summed E-state index contributed by atoms with van der Waals surface area (Å²) in [6.45, 7) is 0.422. The molecule has 0 saturated heterocycles. The molecule has 0 bridgehead atoms. The van der Waals surface area contributed by atoms with Gasteiger partial charge in [0, 0.05) is 17.9 Å². The van der Waals surface area contributed by atoms with Crippen LogP contribution in [0.1, 0.15) is 17.5 Å². The molecule has 0 amide bonds. The maximum atomic E-state index is 9.37. The molecule has 0 heterocycles. The Labute approximate surface area is 124 Å². The monoisotopic (exact) mass is 286 g/mol. The first-order valence-electron chi connectivity index (χ1n) is 6.33. The molecule has 2 aromatic rings. The lowest BCUT2D eigenvalue weighted by molar-refractivity contribution is 0.305. The number of benzene rings is 2. The number of rotatable bonds is 4. The molecule has 1 N–H and O–H groups in total. The molecule has 0 saturated carbocycles. The van der Waals surface area contributed by atoms with Crippen molar-refractivity contribution in [3.8, 4) is 23.3 Å². The minimum Gasteiger partial charge on any atom is -0.508 e. The Kier molecular flexibility index (Phi) is 5.34. The normalized spacial score (nSPS) is 9.65. The second kappa shape index (κ2) is 7.47. The van der Waals surface area contributed by atoms with E-state index in [1.807, 2.05) is 30.3 Å². The summed E-state index contributed by atoms with van der Waals surface area (Å²) in [5.74, 6) is 7.59. The van der Waals surface area contributed by atoms with Crippen LogP contribution >= 0.6 is 11.6 Å². The van der Waals surface area contributed by atoms with Gasteiger partial charge < -0.3 is 9.84 Å². The number of ether oxygens (including phenoxy) is 1. The molecule has 0 aliphatic rings. The average Bonchev–Trinajstić information content (AvgIpc) is 2.47. The van der Waals surface area contributed by atoms with Crippen LogP contribution in [0.2, 0.25) is 0 Å². The highest BCUT2D eigenvalue weighted by Crippen LogP contribution is 2.16. The fraction of sp³-hybridized carbons (Fsp3) is 0.176. The summed E-state index contributed by atoms with van der Waals surface area (Å²) in [6.07, 6.45) is 0.692. The van der Waals surface area contributed by atoms with Crippen molar-refractivity contribution in [1.29, 1.82) is 0 Å². The zero-order valence-corrected chi connectivity index (χ0v) is 11.7. The molecule has 0 spiro atoms. The fourth-order valence-electron chi connectivity index (χ4n) is 1.66. The number of alkyl halides is 1. The van der Waals surface area contributed by atoms with E-state index in [-0.39, 0.29) is 5.75 Å². The van der Waals surface area contributed by atoms with Crippen molar-refractivity contribution in [3.63, 3.8) is 0 Å². The molecule has 2 aromatic carbocycles. The second-order valence-corrected chi connectivity index (χ2v) is 4.60. The summed E-state index contributed by atoms with van der Waals surface area (Å²) in [4.78, 5) is 0. The van der Waals surface area contributed by atoms with E-state index in [0.717, 1.165) is 16.9 Å². The number of phenols is 1. The largest absolute Gasteiger partial charge is 0.508 e. The van der Waals surface area contributed by atoms with Gasteiger partial charge >= 0.3 is 0 Å². The Morgan fingerprint density at radius 2 is 1.90 bits per heavy atom. The molecular formula is C17H15ClO2. The van der Waals surface area contributed by atoms with Crippen molar-refractivity contribution in [2.24, 2.45) is 0 Å². The molecule has 0 fully saturated rings. The molecule has 0 aromatic heterocycles. The first-order chi connectivity index (χ1) is 9.78. The number of hydrogen-bond donors (Lipinski definition) is 1. The molecule has 0 aliphatic carbocycles. The van der Waals surface area contributed by atoms with Crippen molar-refractivity contribution < 1.29 is 9.84 Å². The first kappa shape index (κ1) is 14.3. The number of hydrogen-bond acceptors (Lipinski definition) is 2. The molecule has 102 valence electrons. The van der Waals surface area contributed by atoms with Crippen molar-refractivity contribution in [2.75, 3.05) is 5.88 Å². The molecule has 0 radical (unpaired) electrons. The zero-order valence-electron chi connectivity index (χ0n) is 11.0. The van der Waals surface area contributed by atoms with Gasteiger partial charge in [0.2, 0.25) is 0 Å². The summed E-state index contributed by atoms with van der Waals surface area (Å²) in [6, 6.07) is 14.6. The van der Waals surface area contributed by atoms with Crippen LogP contribution in [0.5, 0.6) is 11.5 Å². The van der Waals surface area contributed by atoms with Gasteiger partial charge in [-0.05, 0) is 42.0 Å². The minimum atomic E-state index is 0.246. The van der Waals surface area contributed by atoms with Crippen molar-refractivity contribution in [2.45, 2.75) is 13.0 Å². The smallest absolute Gasteiger partial charge is 0.119 e. The number of aromatic hydroxyl groups is 1. The highest BCUT2D eigenvalue weighted by atomic mass is 35.5. The van der Waals surface area contributed by atoms with Gasteiger partial charge in [-0.2, -0.15) is 0 Å². The highest BCUT2D eigenvalue weighted by molar-refractivity contribution is 6.18. The molecule has 0 aliphatic heterocycles. The third-order valence-electron chi connectivity index (χ3n) is 2.62. The van der Waals surface area contributed by atoms with Gasteiger partial charge in [0.15, 0.2) is 0 Å². The standard InChI is InChI=1S/C17H15ClO2/c18-11-2-1-4-14-7-9-17(10-8-14)20-13-15-5-3-6-16(19)12-15/h3,5-10,12,19H,2,11,13H2. The molecule has 2 nitrogen and oxygen atoms in total. The summed E-state index contributed by atoms with van der Waals surface area (Å²) < 4.78 is 5.65. The van der Waals surface area contributed by atoms with Crippen LogP contribution in [-0.4, -0.2) is 11.0 Å². The number of phenolic OH excluding ortho intramolecular Hbond substituents is 1. The van der Waals surface area contributed by atoms with E-state index < -0.39 is 0 Å². The predicted octanol–water partition coefficient (Wildman–Crippen LogP) is 3.95. The Morgan fingerprint density at radius 3 is 2.60 bits per heavy atom. The first-order valence-corrected chi connectivity index (χ1v) is 6.87. The highest BCUT2D eigenvalue weighted by Gasteiger charge is 1.97.